The molecule has 0 aliphatic carbocycles. The van der Waals surface area contributed by atoms with E-state index >= 15 is 0 Å². The van der Waals surface area contributed by atoms with Gasteiger partial charge in [-0.2, -0.15) is 0 Å². The zero-order valence-electron chi connectivity index (χ0n) is 8.91. The fourth-order valence-electron chi connectivity index (χ4n) is 0.917. The molecule has 0 atom stereocenters. The van der Waals surface area contributed by atoms with E-state index in [2.05, 4.69) is 29.4 Å². The lowest BCUT2D eigenvalue weighted by atomic mass is 10.2. The molecular formula is C9H17N3OS. The van der Waals surface area contributed by atoms with Gasteiger partial charge >= 0.3 is 0 Å². The molecule has 1 heterocycles. The van der Waals surface area contributed by atoms with Gasteiger partial charge in [-0.05, 0) is 12.8 Å². The molecule has 1 N–H and O–H groups in total. The molecule has 4 nitrogen and oxygen atoms in total. The molecule has 0 saturated heterocycles. The lowest BCUT2D eigenvalue weighted by Gasteiger charge is -2.06. The minimum absolute atomic E-state index is 0.596. The number of rotatable bonds is 6. The van der Waals surface area contributed by atoms with E-state index in [9.17, 15) is 0 Å². The summed E-state index contributed by atoms with van der Waals surface area (Å²) in [7, 11) is 0. The molecule has 0 spiro atoms. The number of nitrogens with one attached hydrogen (secondary N) is 1. The Morgan fingerprint density at radius 3 is 2.79 bits per heavy atom. The number of nitrogens with zero attached hydrogens (tertiary/aromatic N) is 2. The van der Waals surface area contributed by atoms with Gasteiger partial charge in [0.25, 0.3) is 0 Å². The molecule has 0 aliphatic heterocycles. The zero-order valence-corrected chi connectivity index (χ0v) is 9.73. The van der Waals surface area contributed by atoms with Gasteiger partial charge in [-0.15, -0.1) is 10.2 Å². The van der Waals surface area contributed by atoms with Gasteiger partial charge < -0.3 is 10.1 Å². The van der Waals surface area contributed by atoms with Gasteiger partial charge in [-0.3, -0.25) is 0 Å². The summed E-state index contributed by atoms with van der Waals surface area (Å²) in [5.74, 6) is 0.596. The van der Waals surface area contributed by atoms with Crippen molar-refractivity contribution in [3.8, 4) is 0 Å². The van der Waals surface area contributed by atoms with Crippen molar-refractivity contribution in [2.75, 3.05) is 25.1 Å². The first-order valence-corrected chi connectivity index (χ1v) is 5.62. The molecule has 0 saturated carbocycles. The molecule has 5 heteroatoms. The predicted octanol–water partition coefficient (Wildman–Crippen LogP) is 1.93. The predicted molar refractivity (Wildman–Crippen MR) is 58.8 cm³/mol. The number of hydrogen-bond acceptors (Lipinski definition) is 5. The number of hydrogen-bond donors (Lipinski definition) is 1. The quantitative estimate of drug-likeness (QED) is 0.737. The van der Waals surface area contributed by atoms with E-state index in [1.807, 2.05) is 6.92 Å². The summed E-state index contributed by atoms with van der Waals surface area (Å²) in [6.07, 6.45) is 0. The van der Waals surface area contributed by atoms with Crippen LogP contribution in [0.15, 0.2) is 0 Å². The van der Waals surface area contributed by atoms with E-state index < -0.39 is 0 Å². The maximum atomic E-state index is 5.42. The number of anilines is 1. The maximum Gasteiger partial charge on any atom is 0.205 e. The van der Waals surface area contributed by atoms with Crippen molar-refractivity contribution >= 4 is 16.5 Å². The topological polar surface area (TPSA) is 47.0 Å². The Morgan fingerprint density at radius 1 is 1.43 bits per heavy atom. The Balaban J connectivity index is 2.04. The number of ether oxygens (including phenoxy) is 1. The Hall–Kier alpha value is -0.680. The van der Waals surface area contributed by atoms with Gasteiger partial charge in [0.2, 0.25) is 5.13 Å². The molecule has 14 heavy (non-hydrogen) atoms. The Bertz CT molecular complexity index is 262. The highest BCUT2D eigenvalue weighted by molar-refractivity contribution is 7.15. The molecule has 0 aromatic carbocycles. The van der Waals surface area contributed by atoms with Crippen LogP contribution in [-0.2, 0) is 4.74 Å². The van der Waals surface area contributed by atoms with Crippen LogP contribution in [0.5, 0.6) is 0 Å². The van der Waals surface area contributed by atoms with Crippen LogP contribution in [0.3, 0.4) is 0 Å². The third kappa shape index (κ3) is 4.53. The first-order valence-electron chi connectivity index (χ1n) is 4.80. The largest absolute Gasteiger partial charge is 0.379 e. The van der Waals surface area contributed by atoms with Crippen molar-refractivity contribution in [2.24, 2.45) is 5.92 Å². The average Bonchev–Trinajstić information content (AvgIpc) is 2.50. The summed E-state index contributed by atoms with van der Waals surface area (Å²) < 4.78 is 5.42. The van der Waals surface area contributed by atoms with Crippen molar-refractivity contribution in [3.05, 3.63) is 5.01 Å². The van der Waals surface area contributed by atoms with Crippen LogP contribution in [0.1, 0.15) is 18.9 Å². The first-order chi connectivity index (χ1) is 6.68. The summed E-state index contributed by atoms with van der Waals surface area (Å²) in [5.41, 5.74) is 0. The van der Waals surface area contributed by atoms with Gasteiger partial charge in [0, 0.05) is 13.2 Å². The third-order valence-corrected chi connectivity index (χ3v) is 2.30. The molecule has 0 fully saturated rings. The summed E-state index contributed by atoms with van der Waals surface area (Å²) in [6.45, 7) is 8.55. The van der Waals surface area contributed by atoms with Crippen molar-refractivity contribution in [1.82, 2.24) is 10.2 Å². The molecule has 0 amide bonds. The van der Waals surface area contributed by atoms with E-state index in [-0.39, 0.29) is 0 Å². The Kier molecular flexibility index (Phi) is 4.82. The normalized spacial score (nSPS) is 10.9. The summed E-state index contributed by atoms with van der Waals surface area (Å²) in [4.78, 5) is 0. The molecule has 1 rings (SSSR count). The van der Waals surface area contributed by atoms with E-state index in [0.717, 1.165) is 29.9 Å². The smallest absolute Gasteiger partial charge is 0.205 e. The van der Waals surface area contributed by atoms with Crippen LogP contribution >= 0.6 is 11.3 Å². The lowest BCUT2D eigenvalue weighted by Crippen LogP contribution is -2.11. The van der Waals surface area contributed by atoms with Crippen molar-refractivity contribution in [3.63, 3.8) is 0 Å². The summed E-state index contributed by atoms with van der Waals surface area (Å²) in [6, 6.07) is 0. The molecule has 0 aliphatic rings. The fraction of sp³-hybridized carbons (Fsp3) is 0.778. The van der Waals surface area contributed by atoms with Crippen molar-refractivity contribution in [1.29, 1.82) is 0 Å². The van der Waals surface area contributed by atoms with E-state index in [1.165, 1.54) is 0 Å². The fourth-order valence-corrected chi connectivity index (χ4v) is 1.53. The summed E-state index contributed by atoms with van der Waals surface area (Å²) in [5, 5.41) is 12.9. The van der Waals surface area contributed by atoms with E-state index in [1.54, 1.807) is 11.3 Å². The van der Waals surface area contributed by atoms with Gasteiger partial charge in [0.15, 0.2) is 0 Å². The molecule has 1 aromatic rings. The standard InChI is InChI=1S/C9H17N3OS/c1-7(2)6-13-5-4-10-9-12-11-8(3)14-9/h7H,4-6H2,1-3H3,(H,10,12). The highest BCUT2D eigenvalue weighted by atomic mass is 32.1. The highest BCUT2D eigenvalue weighted by Crippen LogP contribution is 2.12. The molecule has 80 valence electrons. The Morgan fingerprint density at radius 2 is 2.21 bits per heavy atom. The minimum atomic E-state index is 0.596. The van der Waals surface area contributed by atoms with Crippen molar-refractivity contribution in [2.45, 2.75) is 20.8 Å². The molecule has 0 radical (unpaired) electrons. The summed E-state index contributed by atoms with van der Waals surface area (Å²) >= 11 is 1.56. The van der Waals surface area contributed by atoms with Crippen molar-refractivity contribution < 1.29 is 4.74 Å². The minimum Gasteiger partial charge on any atom is -0.379 e. The van der Waals surface area contributed by atoms with Gasteiger partial charge in [-0.1, -0.05) is 25.2 Å². The number of aromatic nitrogens is 2. The number of aryl methyl sites for hydroxylation is 1. The monoisotopic (exact) mass is 215 g/mol. The van der Waals surface area contributed by atoms with Crippen LogP contribution in [-0.4, -0.2) is 30.0 Å². The van der Waals surface area contributed by atoms with Crippen LogP contribution in [0, 0.1) is 12.8 Å². The van der Waals surface area contributed by atoms with Crippen LogP contribution in [0.4, 0.5) is 5.13 Å². The van der Waals surface area contributed by atoms with Gasteiger partial charge in [0.1, 0.15) is 5.01 Å². The highest BCUT2D eigenvalue weighted by Gasteiger charge is 1.98. The van der Waals surface area contributed by atoms with Gasteiger partial charge in [0.05, 0.1) is 6.61 Å². The third-order valence-electron chi connectivity index (χ3n) is 1.50. The second kappa shape index (κ2) is 5.93. The average molecular weight is 215 g/mol. The van der Waals surface area contributed by atoms with Crippen LogP contribution in [0.25, 0.3) is 0 Å². The SMILES string of the molecule is Cc1nnc(NCCOCC(C)C)s1. The molecule has 0 bridgehead atoms. The maximum absolute atomic E-state index is 5.42. The van der Waals surface area contributed by atoms with E-state index in [0.29, 0.717) is 5.92 Å². The second-order valence-corrected chi connectivity index (χ2v) is 4.70. The van der Waals surface area contributed by atoms with Crippen LogP contribution < -0.4 is 5.32 Å². The molecular weight excluding hydrogens is 198 g/mol. The second-order valence-electron chi connectivity index (χ2n) is 3.52. The van der Waals surface area contributed by atoms with Crippen LogP contribution in [0.2, 0.25) is 0 Å². The Labute approximate surface area is 88.7 Å². The van der Waals surface area contributed by atoms with Gasteiger partial charge in [-0.25, -0.2) is 0 Å². The lowest BCUT2D eigenvalue weighted by molar-refractivity contribution is 0.118. The first kappa shape index (κ1) is 11.4. The molecule has 0 unspecified atom stereocenters. The zero-order chi connectivity index (χ0) is 10.4. The van der Waals surface area contributed by atoms with E-state index in [4.69, 9.17) is 4.74 Å². The molecule has 1 aromatic heterocycles.